The SMILES string of the molecule is C1CCNCC1.CC(C)(C)C.CC(C)(C)N1CCNCC1.CC(C)(C)N1CCOCC1.CC(C)(C)c1cocn1.CC(C)(C)n1cncn1. The van der Waals surface area contributed by atoms with Crippen molar-refractivity contribution in [3.05, 3.63) is 31.0 Å². The van der Waals surface area contributed by atoms with Crippen LogP contribution in [0.1, 0.15) is 136 Å². The Morgan fingerprint density at radius 1 is 0.612 bits per heavy atom. The molecule has 2 aromatic rings. The van der Waals surface area contributed by atoms with Crippen molar-refractivity contribution in [2.24, 2.45) is 5.41 Å². The quantitative estimate of drug-likeness (QED) is 0.289. The van der Waals surface area contributed by atoms with E-state index in [1.54, 1.807) is 18.9 Å². The number of morpholine rings is 1. The smallest absolute Gasteiger partial charge is 0.180 e. The summed E-state index contributed by atoms with van der Waals surface area (Å²) in [4.78, 5) is 12.8. The van der Waals surface area contributed by atoms with Crippen LogP contribution >= 0.6 is 0 Å². The molecule has 10 nitrogen and oxygen atoms in total. The zero-order valence-electron chi connectivity index (χ0n) is 35.0. The normalized spacial score (nSPS) is 18.0. The highest BCUT2D eigenvalue weighted by atomic mass is 16.5. The zero-order chi connectivity index (χ0) is 37.8. The molecule has 0 spiro atoms. The predicted molar refractivity (Wildman–Crippen MR) is 208 cm³/mol. The predicted octanol–water partition coefficient (Wildman–Crippen LogP) is 7.62. The van der Waals surface area contributed by atoms with Gasteiger partial charge in [-0.2, -0.15) is 5.10 Å². The van der Waals surface area contributed by atoms with E-state index < -0.39 is 0 Å². The van der Waals surface area contributed by atoms with E-state index in [2.05, 4.69) is 146 Å². The van der Waals surface area contributed by atoms with Gasteiger partial charge in [0.2, 0.25) is 0 Å². The van der Waals surface area contributed by atoms with E-state index in [9.17, 15) is 0 Å². The van der Waals surface area contributed by atoms with E-state index in [0.29, 0.717) is 16.5 Å². The minimum atomic E-state index is 0.0660. The average Bonchev–Trinajstić information content (AvgIpc) is 3.75. The van der Waals surface area contributed by atoms with E-state index in [0.717, 1.165) is 45.1 Å². The van der Waals surface area contributed by atoms with Crippen molar-refractivity contribution in [3.8, 4) is 0 Å². The lowest BCUT2D eigenvalue weighted by molar-refractivity contribution is -0.00389. The second-order valence-corrected chi connectivity index (χ2v) is 18.6. The molecule has 2 N–H and O–H groups in total. The number of ether oxygens (including phenoxy) is 1. The second kappa shape index (κ2) is 22.9. The van der Waals surface area contributed by atoms with Gasteiger partial charge in [0.25, 0.3) is 0 Å². The summed E-state index contributed by atoms with van der Waals surface area (Å²) in [7, 11) is 0. The maximum atomic E-state index is 5.25. The molecule has 0 atom stereocenters. The first-order chi connectivity index (χ1) is 22.4. The molecule has 5 rings (SSSR count). The molecule has 0 saturated carbocycles. The maximum Gasteiger partial charge on any atom is 0.180 e. The van der Waals surface area contributed by atoms with E-state index in [1.807, 2.05) is 4.68 Å². The van der Waals surface area contributed by atoms with Crippen LogP contribution in [0.5, 0.6) is 0 Å². The molecule has 3 fully saturated rings. The number of hydrogen-bond donors (Lipinski definition) is 2. The summed E-state index contributed by atoms with van der Waals surface area (Å²) >= 11 is 0. The second-order valence-electron chi connectivity index (χ2n) is 18.6. The van der Waals surface area contributed by atoms with Crippen molar-refractivity contribution < 1.29 is 9.15 Å². The molecule has 0 bridgehead atoms. The van der Waals surface area contributed by atoms with Crippen LogP contribution in [-0.2, 0) is 15.7 Å². The van der Waals surface area contributed by atoms with Gasteiger partial charge in [0.1, 0.15) is 18.9 Å². The number of rotatable bonds is 0. The third-order valence-corrected chi connectivity index (χ3v) is 7.54. The largest absolute Gasteiger partial charge is 0.451 e. The Morgan fingerprint density at radius 2 is 1.08 bits per heavy atom. The Kier molecular flexibility index (Phi) is 22.0. The van der Waals surface area contributed by atoms with Crippen molar-refractivity contribution in [2.45, 2.75) is 152 Å². The Balaban J connectivity index is 0.000000573. The van der Waals surface area contributed by atoms with Crippen LogP contribution in [0.25, 0.3) is 0 Å². The molecule has 5 heterocycles. The van der Waals surface area contributed by atoms with E-state index in [1.165, 1.54) is 51.8 Å². The van der Waals surface area contributed by atoms with Crippen molar-refractivity contribution in [1.29, 1.82) is 0 Å². The monoisotopic (exact) mass is 693 g/mol. The maximum absolute atomic E-state index is 5.25. The first-order valence-electron chi connectivity index (χ1n) is 18.7. The fourth-order valence-electron chi connectivity index (χ4n) is 4.51. The number of nitrogens with zero attached hydrogens (tertiary/aromatic N) is 6. The molecular formula is C39H80N8O2. The summed E-state index contributed by atoms with van der Waals surface area (Å²) in [6.07, 6.45) is 10.6. The van der Waals surface area contributed by atoms with Crippen LogP contribution in [-0.4, -0.2) is 106 Å². The lowest BCUT2D eigenvalue weighted by atomic mass is 9.93. The van der Waals surface area contributed by atoms with Crippen LogP contribution in [0.3, 0.4) is 0 Å². The van der Waals surface area contributed by atoms with Gasteiger partial charge in [0.05, 0.1) is 24.4 Å². The van der Waals surface area contributed by atoms with Crippen LogP contribution in [0.2, 0.25) is 0 Å². The van der Waals surface area contributed by atoms with Gasteiger partial charge < -0.3 is 19.8 Å². The van der Waals surface area contributed by atoms with E-state index in [4.69, 9.17) is 9.15 Å². The number of hydrogen-bond acceptors (Lipinski definition) is 9. The Hall–Kier alpha value is -1.85. The standard InChI is InChI=1S/C8H18N2.C8H17NO.C7H11NO.C6H11N3.C5H11N.C5H12/c1-8(2,3)10-6-4-9-5-7-10;1-8(2,3)9-4-6-10-7-5-9;1-7(2,3)6-4-9-5-8-6;1-6(2,3)9-5-7-4-8-9;1-2-4-6-5-3-1;1-5(2,3)4/h9H,4-7H2,1-3H3;4-7H2,1-3H3;2*4-5H,1-3H3;6H,1-5H2;1-4H3. The molecular weight excluding hydrogens is 612 g/mol. The van der Waals surface area contributed by atoms with E-state index in [-0.39, 0.29) is 11.0 Å². The Labute approximate surface area is 302 Å². The molecule has 0 aromatic carbocycles. The lowest BCUT2D eigenvalue weighted by Crippen LogP contribution is -2.51. The summed E-state index contributed by atoms with van der Waals surface area (Å²) in [6.45, 7) is 46.1. The van der Waals surface area contributed by atoms with Gasteiger partial charge in [-0.3, -0.25) is 9.80 Å². The van der Waals surface area contributed by atoms with Crippen molar-refractivity contribution in [2.75, 3.05) is 65.6 Å². The third-order valence-electron chi connectivity index (χ3n) is 7.54. The molecule has 3 aliphatic rings. The first kappa shape index (κ1) is 47.1. The molecule has 3 saturated heterocycles. The molecule has 49 heavy (non-hydrogen) atoms. The minimum absolute atomic E-state index is 0.0660. The fraction of sp³-hybridized carbons (Fsp3) is 0.872. The topological polar surface area (TPSA) is 96.5 Å². The zero-order valence-corrected chi connectivity index (χ0v) is 35.0. The highest BCUT2D eigenvalue weighted by molar-refractivity contribution is 5.05. The minimum Gasteiger partial charge on any atom is -0.451 e. The van der Waals surface area contributed by atoms with Crippen LogP contribution in [0.4, 0.5) is 0 Å². The highest BCUT2D eigenvalue weighted by Crippen LogP contribution is 2.19. The summed E-state index contributed by atoms with van der Waals surface area (Å²) in [5.74, 6) is 0. The number of piperidine rings is 1. The molecule has 0 unspecified atom stereocenters. The van der Waals surface area contributed by atoms with Gasteiger partial charge in [-0.1, -0.05) is 54.9 Å². The summed E-state index contributed by atoms with van der Waals surface area (Å²) in [5.41, 5.74) is 2.37. The van der Waals surface area contributed by atoms with Crippen LogP contribution in [0.15, 0.2) is 29.7 Å². The van der Waals surface area contributed by atoms with Crippen LogP contribution in [0, 0.1) is 5.41 Å². The van der Waals surface area contributed by atoms with Crippen molar-refractivity contribution >= 4 is 0 Å². The Bertz CT molecular complexity index is 916. The van der Waals surface area contributed by atoms with Gasteiger partial charge in [-0.25, -0.2) is 14.6 Å². The number of nitrogens with one attached hydrogen (secondary N) is 2. The molecule has 3 aliphatic heterocycles. The fourth-order valence-corrected chi connectivity index (χ4v) is 4.51. The molecule has 0 aliphatic carbocycles. The van der Waals surface area contributed by atoms with Gasteiger partial charge in [-0.15, -0.1) is 0 Å². The molecule has 0 radical (unpaired) electrons. The summed E-state index contributed by atoms with van der Waals surface area (Å²) in [5, 5.41) is 10.6. The molecule has 0 amide bonds. The van der Waals surface area contributed by atoms with Crippen LogP contribution < -0.4 is 10.6 Å². The van der Waals surface area contributed by atoms with Gasteiger partial charge in [0.15, 0.2) is 6.39 Å². The number of aromatic nitrogens is 4. The number of piperazine rings is 1. The highest BCUT2D eigenvalue weighted by Gasteiger charge is 2.23. The van der Waals surface area contributed by atoms with Gasteiger partial charge in [0, 0.05) is 55.8 Å². The van der Waals surface area contributed by atoms with Gasteiger partial charge >= 0.3 is 0 Å². The number of oxazole rings is 1. The molecule has 288 valence electrons. The third kappa shape index (κ3) is 26.6. The summed E-state index contributed by atoms with van der Waals surface area (Å²) in [6, 6.07) is 0. The first-order valence-corrected chi connectivity index (χ1v) is 18.7. The average molecular weight is 693 g/mol. The van der Waals surface area contributed by atoms with E-state index >= 15 is 0 Å². The Morgan fingerprint density at radius 3 is 1.31 bits per heavy atom. The van der Waals surface area contributed by atoms with Crippen molar-refractivity contribution in [1.82, 2.24) is 40.2 Å². The molecule has 10 heteroatoms. The van der Waals surface area contributed by atoms with Gasteiger partial charge in [-0.05, 0) is 93.7 Å². The summed E-state index contributed by atoms with van der Waals surface area (Å²) < 4.78 is 11.9. The molecule has 2 aromatic heterocycles. The lowest BCUT2D eigenvalue weighted by Gasteiger charge is -2.38. The van der Waals surface area contributed by atoms with Crippen molar-refractivity contribution in [3.63, 3.8) is 0 Å².